The van der Waals surface area contributed by atoms with Crippen LogP contribution in [0.25, 0.3) is 0 Å². The molecule has 0 spiro atoms. The lowest BCUT2D eigenvalue weighted by Crippen LogP contribution is -2.68. The highest BCUT2D eigenvalue weighted by Gasteiger charge is 2.53. The molecule has 11 heteroatoms. The second-order valence-corrected chi connectivity index (χ2v) is 6.11. The van der Waals surface area contributed by atoms with E-state index in [1.54, 1.807) is 0 Å². The van der Waals surface area contributed by atoms with Gasteiger partial charge in [0.1, 0.15) is 37.1 Å². The van der Waals surface area contributed by atoms with Crippen LogP contribution in [-0.4, -0.2) is 98.4 Å². The van der Waals surface area contributed by atoms with Crippen LogP contribution in [0, 0.1) is 6.61 Å². The molecule has 8 atom stereocenters. The van der Waals surface area contributed by atoms with E-state index < -0.39 is 67.8 Å². The number of carbonyl (C=O) groups is 1. The number of aliphatic hydroxyl groups is 6. The molecule has 11 nitrogen and oxygen atoms in total. The Bertz CT molecular complexity index is 465. The molecule has 2 saturated heterocycles. The first kappa shape index (κ1) is 20.4. The summed E-state index contributed by atoms with van der Waals surface area (Å²) in [4.78, 5) is 11.3. The Morgan fingerprint density at radius 1 is 1.24 bits per heavy atom. The molecule has 145 valence electrons. The van der Waals surface area contributed by atoms with Gasteiger partial charge in [0.2, 0.25) is 5.91 Å². The van der Waals surface area contributed by atoms with Crippen LogP contribution in [0.2, 0.25) is 0 Å². The summed E-state index contributed by atoms with van der Waals surface area (Å²) < 4.78 is 15.8. The fraction of sp³-hybridized carbons (Fsp3) is 0.857. The molecule has 0 bridgehead atoms. The predicted octanol–water partition coefficient (Wildman–Crippen LogP) is -4.06. The fourth-order valence-corrected chi connectivity index (χ4v) is 2.83. The van der Waals surface area contributed by atoms with Crippen molar-refractivity contribution in [2.75, 3.05) is 13.2 Å². The van der Waals surface area contributed by atoms with E-state index in [0.717, 1.165) is 13.5 Å². The lowest BCUT2D eigenvalue weighted by Gasteiger charge is -2.47. The predicted molar refractivity (Wildman–Crippen MR) is 78.3 cm³/mol. The first-order valence-electron chi connectivity index (χ1n) is 7.79. The number of carbonyl (C=O) groups excluding carboxylic acids is 1. The maximum atomic E-state index is 11.3. The summed E-state index contributed by atoms with van der Waals surface area (Å²) in [5, 5.41) is 61.0. The molecule has 0 saturated carbocycles. The minimum atomic E-state index is -2.23. The molecule has 7 N–H and O–H groups in total. The third kappa shape index (κ3) is 4.45. The highest BCUT2D eigenvalue weighted by molar-refractivity contribution is 5.73. The summed E-state index contributed by atoms with van der Waals surface area (Å²) in [6, 6.07) is 0. The molecule has 1 radical (unpaired) electrons. The fourth-order valence-electron chi connectivity index (χ4n) is 2.83. The van der Waals surface area contributed by atoms with E-state index >= 15 is 0 Å². The van der Waals surface area contributed by atoms with Gasteiger partial charge in [0.15, 0.2) is 12.0 Å². The maximum Gasteiger partial charge on any atom is 0.219 e. The number of rotatable bonds is 5. The Balaban J connectivity index is 2.17. The van der Waals surface area contributed by atoms with Gasteiger partial charge in [0, 0.05) is 13.3 Å². The van der Waals surface area contributed by atoms with Crippen molar-refractivity contribution in [2.24, 2.45) is 0 Å². The molecule has 2 heterocycles. The number of hydrogen-bond acceptors (Lipinski definition) is 10. The smallest absolute Gasteiger partial charge is 0.219 e. The van der Waals surface area contributed by atoms with Crippen LogP contribution in [0.5, 0.6) is 0 Å². The zero-order chi connectivity index (χ0) is 18.8. The summed E-state index contributed by atoms with van der Waals surface area (Å²) in [5.74, 6) is -0.640. The van der Waals surface area contributed by atoms with Crippen molar-refractivity contribution in [3.05, 3.63) is 6.61 Å². The van der Waals surface area contributed by atoms with Gasteiger partial charge in [-0.05, 0) is 0 Å². The molecule has 25 heavy (non-hydrogen) atoms. The standard InChI is InChI=1S/C14H24NO10/c1-6(18)15-14(22)5-23-8(3-16)12(21)13(14)25-10-2-7(19)11(20)9(4-17)24-10/h5,7-13,16-17,19-22H,2-4H2,1H3,(H,15,18)/t7-,8-,9-,10+,11-,12-,13+,14+/m1/s1. The Kier molecular flexibility index (Phi) is 6.70. The van der Waals surface area contributed by atoms with Gasteiger partial charge < -0.3 is 50.2 Å². The van der Waals surface area contributed by atoms with E-state index in [9.17, 15) is 35.4 Å². The van der Waals surface area contributed by atoms with E-state index in [0.29, 0.717) is 0 Å². The molecule has 1 amide bonds. The van der Waals surface area contributed by atoms with Gasteiger partial charge in [-0.15, -0.1) is 0 Å². The molecule has 0 aliphatic carbocycles. The SMILES string of the molecule is CC(=O)N[C@]1(O)[CH]O[C@H](CO)[C@@H](O)[C@@H]1O[C@H]1C[C@@H](O)[C@@H](O)[C@@H](CO)O1. The van der Waals surface area contributed by atoms with E-state index in [1.165, 1.54) is 0 Å². The third-order valence-corrected chi connectivity index (χ3v) is 4.12. The topological polar surface area (TPSA) is 178 Å². The Labute approximate surface area is 143 Å². The lowest BCUT2D eigenvalue weighted by atomic mass is 9.94. The van der Waals surface area contributed by atoms with Crippen molar-refractivity contribution >= 4 is 5.91 Å². The van der Waals surface area contributed by atoms with E-state index in [1.807, 2.05) is 0 Å². The van der Waals surface area contributed by atoms with Crippen molar-refractivity contribution in [2.45, 2.75) is 62.0 Å². The number of amides is 1. The molecule has 0 aromatic heterocycles. The van der Waals surface area contributed by atoms with Gasteiger partial charge >= 0.3 is 0 Å². The van der Waals surface area contributed by atoms with Gasteiger partial charge in [-0.2, -0.15) is 0 Å². The van der Waals surface area contributed by atoms with Gasteiger partial charge in [-0.3, -0.25) is 4.79 Å². The van der Waals surface area contributed by atoms with Gasteiger partial charge in [0.05, 0.1) is 19.3 Å². The van der Waals surface area contributed by atoms with Gasteiger partial charge in [-0.25, -0.2) is 0 Å². The molecule has 2 aliphatic rings. The normalized spacial score (nSPS) is 45.2. The van der Waals surface area contributed by atoms with Crippen molar-refractivity contribution in [3.8, 4) is 0 Å². The number of aliphatic hydroxyl groups excluding tert-OH is 5. The van der Waals surface area contributed by atoms with Crippen molar-refractivity contribution in [1.29, 1.82) is 0 Å². The first-order chi connectivity index (χ1) is 11.7. The quantitative estimate of drug-likeness (QED) is 0.237. The maximum absolute atomic E-state index is 11.3. The van der Waals surface area contributed by atoms with Crippen LogP contribution < -0.4 is 5.32 Å². The van der Waals surface area contributed by atoms with E-state index in [2.05, 4.69) is 5.32 Å². The summed E-state index contributed by atoms with van der Waals surface area (Å²) in [5.41, 5.74) is -2.23. The lowest BCUT2D eigenvalue weighted by molar-refractivity contribution is -0.318. The Morgan fingerprint density at radius 3 is 2.44 bits per heavy atom. The molecular weight excluding hydrogens is 342 g/mol. The van der Waals surface area contributed by atoms with E-state index in [-0.39, 0.29) is 6.42 Å². The molecular formula is C14H24NO10. The summed E-state index contributed by atoms with van der Waals surface area (Å²) in [6.07, 6.45) is -9.30. The second-order valence-electron chi connectivity index (χ2n) is 6.11. The molecule has 2 rings (SSSR count). The minimum Gasteiger partial charge on any atom is -0.394 e. The van der Waals surface area contributed by atoms with Crippen LogP contribution >= 0.6 is 0 Å². The Morgan fingerprint density at radius 2 is 1.88 bits per heavy atom. The van der Waals surface area contributed by atoms with Crippen LogP contribution in [0.15, 0.2) is 0 Å². The molecule has 0 unspecified atom stereocenters. The van der Waals surface area contributed by atoms with Crippen LogP contribution in [0.4, 0.5) is 0 Å². The largest absolute Gasteiger partial charge is 0.394 e. The van der Waals surface area contributed by atoms with Gasteiger partial charge in [0.25, 0.3) is 0 Å². The van der Waals surface area contributed by atoms with Gasteiger partial charge in [-0.1, -0.05) is 0 Å². The highest BCUT2D eigenvalue weighted by atomic mass is 16.7. The summed E-state index contributed by atoms with van der Waals surface area (Å²) in [6.45, 7) is 0.784. The molecule has 2 aliphatic heterocycles. The monoisotopic (exact) mass is 366 g/mol. The summed E-state index contributed by atoms with van der Waals surface area (Å²) in [7, 11) is 0. The van der Waals surface area contributed by atoms with Crippen LogP contribution in [0.1, 0.15) is 13.3 Å². The molecule has 0 aromatic rings. The average Bonchev–Trinajstić information content (AvgIpc) is 2.54. The van der Waals surface area contributed by atoms with Crippen molar-refractivity contribution in [3.63, 3.8) is 0 Å². The number of nitrogens with one attached hydrogen (secondary N) is 1. The van der Waals surface area contributed by atoms with Crippen molar-refractivity contribution < 1.29 is 49.6 Å². The van der Waals surface area contributed by atoms with Crippen LogP contribution in [-0.2, 0) is 19.0 Å². The number of ether oxygens (including phenoxy) is 3. The average molecular weight is 366 g/mol. The third-order valence-electron chi connectivity index (χ3n) is 4.12. The first-order valence-corrected chi connectivity index (χ1v) is 7.79. The second kappa shape index (κ2) is 8.20. The van der Waals surface area contributed by atoms with Crippen molar-refractivity contribution in [1.82, 2.24) is 5.32 Å². The molecule has 0 aromatic carbocycles. The zero-order valence-electron chi connectivity index (χ0n) is 13.6. The molecule has 2 fully saturated rings. The summed E-state index contributed by atoms with van der Waals surface area (Å²) >= 11 is 0. The highest BCUT2D eigenvalue weighted by Crippen LogP contribution is 2.31. The number of hydrogen-bond donors (Lipinski definition) is 7. The van der Waals surface area contributed by atoms with E-state index in [4.69, 9.17) is 14.2 Å². The van der Waals surface area contributed by atoms with Crippen LogP contribution in [0.3, 0.4) is 0 Å². The Hall–Kier alpha value is -0.890. The zero-order valence-corrected chi connectivity index (χ0v) is 13.6. The minimum absolute atomic E-state index is 0.207.